The average molecular weight is 422 g/mol. The van der Waals surface area contributed by atoms with E-state index in [1.54, 1.807) is 31.2 Å². The van der Waals surface area contributed by atoms with Crippen LogP contribution in [0.1, 0.15) is 29.2 Å². The molecule has 156 valence electrons. The Kier molecular flexibility index (Phi) is 6.42. The zero-order valence-electron chi connectivity index (χ0n) is 17.6. The molecule has 0 fully saturated rings. The number of carbonyl (C=O) groups is 1. The lowest BCUT2D eigenvalue weighted by atomic mass is 9.83. The standard InChI is InChI=1S/C25H27NO3S/c1-19-9-13-22(14-10-19)25(3,24(27)26-17-21-7-5-4-6-8-21)18-30(28,29)23-15-11-20(2)12-16-23/h4-16H,17-18H2,1-3H3,(H,26,27). The molecule has 0 saturated heterocycles. The molecule has 1 unspecified atom stereocenters. The van der Waals surface area contributed by atoms with Gasteiger partial charge >= 0.3 is 0 Å². The first kappa shape index (κ1) is 21.8. The quantitative estimate of drug-likeness (QED) is 0.617. The Labute approximate surface area is 178 Å². The third-order valence-corrected chi connectivity index (χ3v) is 7.29. The Morgan fingerprint density at radius 2 is 1.37 bits per heavy atom. The number of aryl methyl sites for hydroxylation is 2. The van der Waals surface area contributed by atoms with E-state index in [1.165, 1.54) is 0 Å². The average Bonchev–Trinajstić information content (AvgIpc) is 2.73. The molecule has 0 aliphatic carbocycles. The van der Waals surface area contributed by atoms with Crippen LogP contribution in [0.25, 0.3) is 0 Å². The van der Waals surface area contributed by atoms with Gasteiger partial charge in [0.15, 0.2) is 9.84 Å². The van der Waals surface area contributed by atoms with Crippen molar-refractivity contribution in [2.24, 2.45) is 0 Å². The van der Waals surface area contributed by atoms with Crippen molar-refractivity contribution in [2.75, 3.05) is 5.75 Å². The van der Waals surface area contributed by atoms with E-state index in [9.17, 15) is 13.2 Å². The third kappa shape index (κ3) is 4.97. The summed E-state index contributed by atoms with van der Waals surface area (Å²) in [5.74, 6) is -0.627. The molecule has 4 nitrogen and oxygen atoms in total. The number of nitrogens with one attached hydrogen (secondary N) is 1. The predicted molar refractivity (Wildman–Crippen MR) is 120 cm³/mol. The van der Waals surface area contributed by atoms with Crippen LogP contribution in [-0.4, -0.2) is 20.1 Å². The smallest absolute Gasteiger partial charge is 0.231 e. The maximum Gasteiger partial charge on any atom is 0.231 e. The van der Waals surface area contributed by atoms with E-state index in [4.69, 9.17) is 0 Å². The van der Waals surface area contributed by atoms with E-state index in [1.807, 2.05) is 68.4 Å². The number of benzene rings is 3. The van der Waals surface area contributed by atoms with Crippen molar-refractivity contribution in [1.82, 2.24) is 5.32 Å². The van der Waals surface area contributed by atoms with E-state index in [0.29, 0.717) is 12.1 Å². The summed E-state index contributed by atoms with van der Waals surface area (Å²) < 4.78 is 26.4. The fraction of sp³-hybridized carbons (Fsp3) is 0.240. The highest BCUT2D eigenvalue weighted by atomic mass is 32.2. The monoisotopic (exact) mass is 421 g/mol. The molecule has 0 bridgehead atoms. The molecule has 0 saturated carbocycles. The molecule has 30 heavy (non-hydrogen) atoms. The number of hydrogen-bond acceptors (Lipinski definition) is 3. The van der Waals surface area contributed by atoms with Gasteiger partial charge in [-0.05, 0) is 44.0 Å². The second kappa shape index (κ2) is 8.84. The molecule has 0 radical (unpaired) electrons. The Morgan fingerprint density at radius 1 is 0.833 bits per heavy atom. The lowest BCUT2D eigenvalue weighted by Crippen LogP contribution is -2.46. The predicted octanol–water partition coefficient (Wildman–Crippen LogP) is 4.35. The van der Waals surface area contributed by atoms with Crippen LogP contribution in [0.15, 0.2) is 83.8 Å². The van der Waals surface area contributed by atoms with Crippen LogP contribution >= 0.6 is 0 Å². The van der Waals surface area contributed by atoms with E-state index < -0.39 is 15.3 Å². The van der Waals surface area contributed by atoms with Crippen LogP contribution in [0.3, 0.4) is 0 Å². The summed E-state index contributed by atoms with van der Waals surface area (Å²) >= 11 is 0. The topological polar surface area (TPSA) is 63.2 Å². The molecule has 3 rings (SSSR count). The molecule has 0 heterocycles. The molecule has 3 aromatic carbocycles. The van der Waals surface area contributed by atoms with Crippen LogP contribution in [0.5, 0.6) is 0 Å². The van der Waals surface area contributed by atoms with Gasteiger partial charge in [0.25, 0.3) is 0 Å². The molecule has 1 N–H and O–H groups in total. The zero-order valence-corrected chi connectivity index (χ0v) is 18.4. The summed E-state index contributed by atoms with van der Waals surface area (Å²) in [6.45, 7) is 5.90. The molecule has 5 heteroatoms. The Balaban J connectivity index is 1.93. The normalized spacial score (nSPS) is 13.4. The fourth-order valence-electron chi connectivity index (χ4n) is 3.38. The molecular formula is C25H27NO3S. The highest BCUT2D eigenvalue weighted by Crippen LogP contribution is 2.29. The molecular weight excluding hydrogens is 394 g/mol. The second-order valence-corrected chi connectivity index (χ2v) is 9.93. The summed E-state index contributed by atoms with van der Waals surface area (Å²) in [5.41, 5.74) is 2.43. The van der Waals surface area contributed by atoms with Gasteiger partial charge in [0.1, 0.15) is 0 Å². The Morgan fingerprint density at radius 3 is 1.93 bits per heavy atom. The van der Waals surface area contributed by atoms with Crippen LogP contribution in [-0.2, 0) is 26.6 Å². The minimum atomic E-state index is -3.68. The van der Waals surface area contributed by atoms with Crippen molar-refractivity contribution in [2.45, 2.75) is 37.6 Å². The van der Waals surface area contributed by atoms with Gasteiger partial charge in [0, 0.05) is 6.54 Å². The largest absolute Gasteiger partial charge is 0.351 e. The first-order valence-electron chi connectivity index (χ1n) is 9.89. The maximum atomic E-state index is 13.3. The van der Waals surface area contributed by atoms with Crippen molar-refractivity contribution < 1.29 is 13.2 Å². The van der Waals surface area contributed by atoms with Gasteiger partial charge in [-0.1, -0.05) is 77.9 Å². The molecule has 0 aromatic heterocycles. The summed E-state index contributed by atoms with van der Waals surface area (Å²) in [4.78, 5) is 13.5. The summed E-state index contributed by atoms with van der Waals surface area (Å²) in [6, 6.07) is 23.8. The van der Waals surface area contributed by atoms with Gasteiger partial charge < -0.3 is 5.32 Å². The maximum absolute atomic E-state index is 13.3. The van der Waals surface area contributed by atoms with Crippen LogP contribution in [0.2, 0.25) is 0 Å². The first-order valence-corrected chi connectivity index (χ1v) is 11.5. The van der Waals surface area contributed by atoms with Crippen LogP contribution in [0, 0.1) is 13.8 Å². The summed E-state index contributed by atoms with van der Waals surface area (Å²) in [7, 11) is -3.68. The molecule has 1 amide bonds. The minimum Gasteiger partial charge on any atom is -0.351 e. The highest BCUT2D eigenvalue weighted by Gasteiger charge is 2.40. The van der Waals surface area contributed by atoms with Crippen LogP contribution in [0.4, 0.5) is 0 Å². The number of amides is 1. The number of sulfone groups is 1. The number of hydrogen-bond donors (Lipinski definition) is 1. The number of rotatable bonds is 7. The van der Waals surface area contributed by atoms with Gasteiger partial charge in [0.2, 0.25) is 5.91 Å². The molecule has 0 aliphatic rings. The van der Waals surface area contributed by atoms with Gasteiger partial charge in [-0.25, -0.2) is 8.42 Å². The minimum absolute atomic E-state index is 0.224. The molecule has 0 spiro atoms. The highest BCUT2D eigenvalue weighted by molar-refractivity contribution is 7.91. The van der Waals surface area contributed by atoms with E-state index in [0.717, 1.165) is 16.7 Å². The van der Waals surface area contributed by atoms with Crippen molar-refractivity contribution in [1.29, 1.82) is 0 Å². The van der Waals surface area contributed by atoms with E-state index in [-0.39, 0.29) is 16.6 Å². The van der Waals surface area contributed by atoms with Crippen molar-refractivity contribution >= 4 is 15.7 Å². The molecule has 0 aliphatic heterocycles. The van der Waals surface area contributed by atoms with Crippen molar-refractivity contribution in [3.63, 3.8) is 0 Å². The zero-order chi connectivity index (χ0) is 21.8. The third-order valence-electron chi connectivity index (χ3n) is 5.34. The van der Waals surface area contributed by atoms with Gasteiger partial charge in [-0.3, -0.25) is 4.79 Å². The molecule has 3 aromatic rings. The van der Waals surface area contributed by atoms with Crippen molar-refractivity contribution in [3.8, 4) is 0 Å². The van der Waals surface area contributed by atoms with Crippen molar-refractivity contribution in [3.05, 3.63) is 101 Å². The second-order valence-electron chi connectivity index (χ2n) is 7.94. The first-order chi connectivity index (χ1) is 14.2. The lowest BCUT2D eigenvalue weighted by molar-refractivity contribution is -0.125. The number of carbonyl (C=O) groups excluding carboxylic acids is 1. The summed E-state index contributed by atoms with van der Waals surface area (Å²) in [5, 5.41) is 2.93. The fourth-order valence-corrected chi connectivity index (χ4v) is 5.16. The van der Waals surface area contributed by atoms with Gasteiger partial charge in [0.05, 0.1) is 16.1 Å². The Bertz CT molecular complexity index is 1110. The van der Waals surface area contributed by atoms with Gasteiger partial charge in [-0.15, -0.1) is 0 Å². The summed E-state index contributed by atoms with van der Waals surface area (Å²) in [6.07, 6.45) is 0. The van der Waals surface area contributed by atoms with Gasteiger partial charge in [-0.2, -0.15) is 0 Å². The molecule has 1 atom stereocenters. The Hall–Kier alpha value is -2.92. The van der Waals surface area contributed by atoms with E-state index >= 15 is 0 Å². The SMILES string of the molecule is Cc1ccc(C(C)(CS(=O)(=O)c2ccc(C)cc2)C(=O)NCc2ccccc2)cc1. The van der Waals surface area contributed by atoms with E-state index in [2.05, 4.69) is 5.32 Å². The van der Waals surface area contributed by atoms with Crippen LogP contribution < -0.4 is 5.32 Å². The lowest BCUT2D eigenvalue weighted by Gasteiger charge is -2.29.